The number of amides is 1. The van der Waals surface area contributed by atoms with Crippen LogP contribution in [0.25, 0.3) is 0 Å². The third-order valence-electron chi connectivity index (χ3n) is 2.52. The average molecular weight is 242 g/mol. The third kappa shape index (κ3) is 2.83. The van der Waals surface area contributed by atoms with E-state index in [1.807, 2.05) is 30.3 Å². The van der Waals surface area contributed by atoms with E-state index in [1.54, 1.807) is 12.3 Å². The Kier molecular flexibility index (Phi) is 3.88. The Morgan fingerprint density at radius 1 is 1.22 bits per heavy atom. The van der Waals surface area contributed by atoms with E-state index >= 15 is 0 Å². The highest BCUT2D eigenvalue weighted by atomic mass is 16.1. The highest BCUT2D eigenvalue weighted by Gasteiger charge is 2.09. The standard InChI is InChI=1S/C13H14N4O/c14-17-12-9-15-7-6-11(12)13(18)16-8-10-4-2-1-3-5-10/h1-7,9,17H,8,14H2,(H,16,18). The van der Waals surface area contributed by atoms with Crippen molar-refractivity contribution < 1.29 is 4.79 Å². The van der Waals surface area contributed by atoms with Gasteiger partial charge in [0.05, 0.1) is 17.4 Å². The number of anilines is 1. The van der Waals surface area contributed by atoms with Crippen molar-refractivity contribution in [1.29, 1.82) is 0 Å². The van der Waals surface area contributed by atoms with Gasteiger partial charge in [-0.2, -0.15) is 0 Å². The number of rotatable bonds is 4. The molecule has 2 rings (SSSR count). The first-order valence-electron chi connectivity index (χ1n) is 5.54. The van der Waals surface area contributed by atoms with E-state index in [-0.39, 0.29) is 5.91 Å². The number of carbonyl (C=O) groups is 1. The van der Waals surface area contributed by atoms with Gasteiger partial charge in [-0.3, -0.25) is 15.6 Å². The molecule has 18 heavy (non-hydrogen) atoms. The SMILES string of the molecule is NNc1cnccc1C(=O)NCc1ccccc1. The van der Waals surface area contributed by atoms with Crippen molar-refractivity contribution in [3.8, 4) is 0 Å². The molecule has 0 aliphatic rings. The number of aromatic nitrogens is 1. The molecule has 0 spiro atoms. The second-order valence-electron chi connectivity index (χ2n) is 3.73. The molecule has 5 nitrogen and oxygen atoms in total. The summed E-state index contributed by atoms with van der Waals surface area (Å²) in [6, 6.07) is 11.3. The maximum Gasteiger partial charge on any atom is 0.253 e. The maximum absolute atomic E-state index is 12.0. The minimum atomic E-state index is -0.186. The monoisotopic (exact) mass is 242 g/mol. The number of nitrogens with two attached hydrogens (primary N) is 1. The second-order valence-corrected chi connectivity index (χ2v) is 3.73. The lowest BCUT2D eigenvalue weighted by atomic mass is 10.2. The zero-order valence-corrected chi connectivity index (χ0v) is 9.76. The molecule has 2 aromatic rings. The van der Waals surface area contributed by atoms with Crippen LogP contribution >= 0.6 is 0 Å². The molecule has 5 heteroatoms. The molecule has 92 valence electrons. The summed E-state index contributed by atoms with van der Waals surface area (Å²) in [6.45, 7) is 0.478. The van der Waals surface area contributed by atoms with Gasteiger partial charge in [0.2, 0.25) is 0 Å². The quantitative estimate of drug-likeness (QED) is 0.557. The van der Waals surface area contributed by atoms with Crippen LogP contribution in [0.1, 0.15) is 15.9 Å². The van der Waals surface area contributed by atoms with Crippen LogP contribution in [-0.2, 0) is 6.54 Å². The van der Waals surface area contributed by atoms with Gasteiger partial charge in [-0.25, -0.2) is 0 Å². The molecule has 0 saturated heterocycles. The molecule has 0 fully saturated rings. The second kappa shape index (κ2) is 5.79. The predicted molar refractivity (Wildman–Crippen MR) is 69.7 cm³/mol. The normalized spacial score (nSPS) is 9.83. The van der Waals surface area contributed by atoms with Gasteiger partial charge in [0.1, 0.15) is 0 Å². The van der Waals surface area contributed by atoms with Gasteiger partial charge >= 0.3 is 0 Å². The Bertz CT molecular complexity index is 528. The number of hydrazine groups is 1. The summed E-state index contributed by atoms with van der Waals surface area (Å²) in [4.78, 5) is 15.9. The van der Waals surface area contributed by atoms with E-state index in [0.717, 1.165) is 5.56 Å². The Labute approximate surface area is 105 Å². The van der Waals surface area contributed by atoms with Gasteiger partial charge in [0, 0.05) is 12.7 Å². The summed E-state index contributed by atoms with van der Waals surface area (Å²) in [5.41, 5.74) is 4.47. The minimum absolute atomic E-state index is 0.186. The van der Waals surface area contributed by atoms with Crippen molar-refractivity contribution in [2.24, 2.45) is 5.84 Å². The van der Waals surface area contributed by atoms with E-state index in [2.05, 4.69) is 15.7 Å². The largest absolute Gasteiger partial charge is 0.348 e. The predicted octanol–water partition coefficient (Wildman–Crippen LogP) is 1.30. The maximum atomic E-state index is 12.0. The molecule has 0 radical (unpaired) electrons. The fourth-order valence-corrected chi connectivity index (χ4v) is 1.58. The molecule has 1 heterocycles. The minimum Gasteiger partial charge on any atom is -0.348 e. The lowest BCUT2D eigenvalue weighted by molar-refractivity contribution is 0.0951. The van der Waals surface area contributed by atoms with Crippen molar-refractivity contribution in [3.63, 3.8) is 0 Å². The van der Waals surface area contributed by atoms with Crippen LogP contribution in [0.15, 0.2) is 48.8 Å². The highest BCUT2D eigenvalue weighted by Crippen LogP contribution is 2.11. The van der Waals surface area contributed by atoms with Crippen LogP contribution < -0.4 is 16.6 Å². The first-order valence-corrected chi connectivity index (χ1v) is 5.54. The summed E-state index contributed by atoms with van der Waals surface area (Å²) in [6.07, 6.45) is 3.07. The molecular formula is C13H14N4O. The fourth-order valence-electron chi connectivity index (χ4n) is 1.58. The molecule has 0 bridgehead atoms. The van der Waals surface area contributed by atoms with Crippen LogP contribution in [0.3, 0.4) is 0 Å². The Morgan fingerprint density at radius 3 is 2.72 bits per heavy atom. The van der Waals surface area contributed by atoms with E-state index in [1.165, 1.54) is 6.20 Å². The zero-order valence-electron chi connectivity index (χ0n) is 9.76. The molecule has 0 unspecified atom stereocenters. The summed E-state index contributed by atoms with van der Waals surface area (Å²) in [5.74, 6) is 5.14. The lowest BCUT2D eigenvalue weighted by Gasteiger charge is -2.08. The Morgan fingerprint density at radius 2 is 2.00 bits per heavy atom. The van der Waals surface area contributed by atoms with Gasteiger partial charge in [-0.15, -0.1) is 0 Å². The van der Waals surface area contributed by atoms with Crippen LogP contribution in [0, 0.1) is 0 Å². The van der Waals surface area contributed by atoms with Crippen LogP contribution in [0.4, 0.5) is 5.69 Å². The van der Waals surface area contributed by atoms with Crippen LogP contribution in [0.2, 0.25) is 0 Å². The topological polar surface area (TPSA) is 80.0 Å². The number of nitrogen functional groups attached to an aromatic ring is 1. The van der Waals surface area contributed by atoms with E-state index in [4.69, 9.17) is 5.84 Å². The van der Waals surface area contributed by atoms with Crippen molar-refractivity contribution in [3.05, 3.63) is 59.9 Å². The average Bonchev–Trinajstić information content (AvgIpc) is 2.45. The van der Waals surface area contributed by atoms with Crippen molar-refractivity contribution in [2.75, 3.05) is 5.43 Å². The molecule has 1 aromatic carbocycles. The molecule has 1 amide bonds. The van der Waals surface area contributed by atoms with Crippen LogP contribution in [-0.4, -0.2) is 10.9 Å². The number of hydrogen-bond acceptors (Lipinski definition) is 4. The van der Waals surface area contributed by atoms with Gasteiger partial charge < -0.3 is 10.7 Å². The molecule has 0 saturated carbocycles. The van der Waals surface area contributed by atoms with E-state index in [0.29, 0.717) is 17.8 Å². The molecule has 1 aromatic heterocycles. The summed E-state index contributed by atoms with van der Waals surface area (Å²) >= 11 is 0. The van der Waals surface area contributed by atoms with Gasteiger partial charge in [-0.05, 0) is 11.6 Å². The molecular weight excluding hydrogens is 228 g/mol. The number of benzene rings is 1. The van der Waals surface area contributed by atoms with Crippen molar-refractivity contribution in [1.82, 2.24) is 10.3 Å². The molecule has 0 aliphatic carbocycles. The van der Waals surface area contributed by atoms with Gasteiger partial charge in [-0.1, -0.05) is 30.3 Å². The molecule has 0 aliphatic heterocycles. The first-order chi connectivity index (χ1) is 8.81. The number of hydrogen-bond donors (Lipinski definition) is 3. The highest BCUT2D eigenvalue weighted by molar-refractivity contribution is 5.99. The van der Waals surface area contributed by atoms with Gasteiger partial charge in [0.15, 0.2) is 0 Å². The lowest BCUT2D eigenvalue weighted by Crippen LogP contribution is -2.24. The number of nitrogens with one attached hydrogen (secondary N) is 2. The zero-order chi connectivity index (χ0) is 12.8. The fraction of sp³-hybridized carbons (Fsp3) is 0.0769. The number of carbonyl (C=O) groups excluding carboxylic acids is 1. The van der Waals surface area contributed by atoms with Crippen molar-refractivity contribution in [2.45, 2.75) is 6.54 Å². The van der Waals surface area contributed by atoms with E-state index in [9.17, 15) is 4.79 Å². The summed E-state index contributed by atoms with van der Waals surface area (Å²) < 4.78 is 0. The third-order valence-corrected chi connectivity index (χ3v) is 2.52. The Hall–Kier alpha value is -2.40. The smallest absolute Gasteiger partial charge is 0.253 e. The van der Waals surface area contributed by atoms with E-state index < -0.39 is 0 Å². The van der Waals surface area contributed by atoms with Crippen LogP contribution in [0.5, 0.6) is 0 Å². The number of pyridine rings is 1. The number of nitrogens with zero attached hydrogens (tertiary/aromatic N) is 1. The molecule has 0 atom stereocenters. The molecule has 4 N–H and O–H groups in total. The summed E-state index contributed by atoms with van der Waals surface area (Å²) in [5, 5.41) is 2.83. The van der Waals surface area contributed by atoms with Gasteiger partial charge in [0.25, 0.3) is 5.91 Å². The Balaban J connectivity index is 2.04. The van der Waals surface area contributed by atoms with Crippen molar-refractivity contribution >= 4 is 11.6 Å². The first kappa shape index (κ1) is 12.1. The summed E-state index contributed by atoms with van der Waals surface area (Å²) in [7, 11) is 0.